The van der Waals surface area contributed by atoms with Crippen LogP contribution in [-0.2, 0) is 0 Å². The first-order valence-electron chi connectivity index (χ1n) is 8.22. The maximum Gasteiger partial charge on any atom is 0.311 e. The zero-order chi connectivity index (χ0) is 18.5. The van der Waals surface area contributed by atoms with Gasteiger partial charge in [0.25, 0.3) is 0 Å². The van der Waals surface area contributed by atoms with Gasteiger partial charge >= 0.3 is 5.69 Å². The Hall–Kier alpha value is -2.72. The number of pyridine rings is 2. The Morgan fingerprint density at radius 2 is 2.00 bits per heavy atom. The lowest BCUT2D eigenvalue weighted by Crippen LogP contribution is -2.32. The molecule has 132 valence electrons. The van der Waals surface area contributed by atoms with E-state index in [-0.39, 0.29) is 10.6 Å². The molecule has 0 bridgehead atoms. The Morgan fingerprint density at radius 3 is 2.69 bits per heavy atom. The van der Waals surface area contributed by atoms with Crippen LogP contribution in [0.15, 0.2) is 46.6 Å². The van der Waals surface area contributed by atoms with Gasteiger partial charge in [-0.05, 0) is 65.9 Å². The van der Waals surface area contributed by atoms with Gasteiger partial charge in [-0.2, -0.15) is 0 Å². The first-order chi connectivity index (χ1) is 12.5. The van der Waals surface area contributed by atoms with Crippen molar-refractivity contribution >= 4 is 27.4 Å². The third kappa shape index (κ3) is 4.46. The van der Waals surface area contributed by atoms with Crippen molar-refractivity contribution in [1.82, 2.24) is 9.97 Å². The molecule has 0 radical (unpaired) electrons. The van der Waals surface area contributed by atoms with E-state index in [1.807, 2.05) is 36.1 Å². The summed E-state index contributed by atoms with van der Waals surface area (Å²) < 4.78 is 0.762. The number of nitro groups is 1. The van der Waals surface area contributed by atoms with Gasteiger partial charge in [0.15, 0.2) is 0 Å². The monoisotopic (exact) mass is 412 g/mol. The SMILES string of the molecule is Cc1ccc([N+](=O)[O-])c(N2CCC(=CC#Cc3cccc(Br)n3)CC2)n1. The molecule has 0 atom stereocenters. The summed E-state index contributed by atoms with van der Waals surface area (Å²) in [4.78, 5) is 21.5. The number of hydrogen-bond donors (Lipinski definition) is 0. The fourth-order valence-corrected chi connectivity index (χ4v) is 3.09. The van der Waals surface area contributed by atoms with Gasteiger partial charge in [0, 0.05) is 24.8 Å². The molecule has 2 aromatic heterocycles. The van der Waals surface area contributed by atoms with Gasteiger partial charge in [-0.3, -0.25) is 10.1 Å². The summed E-state index contributed by atoms with van der Waals surface area (Å²) in [6.07, 6.45) is 3.55. The van der Waals surface area contributed by atoms with E-state index < -0.39 is 0 Å². The lowest BCUT2D eigenvalue weighted by atomic mass is 10.0. The minimum absolute atomic E-state index is 0.0588. The average Bonchev–Trinajstić information content (AvgIpc) is 2.62. The standard InChI is InChI=1S/C19H17BrN4O2/c1-14-8-9-17(24(25)26)19(21-14)23-12-10-15(11-13-23)4-2-5-16-6-3-7-18(20)22-16/h3-4,6-9H,10-13H2,1H3. The molecule has 3 heterocycles. The highest BCUT2D eigenvalue weighted by molar-refractivity contribution is 9.10. The minimum Gasteiger partial charge on any atom is -0.350 e. The lowest BCUT2D eigenvalue weighted by Gasteiger charge is -2.28. The molecule has 2 aromatic rings. The molecular formula is C19H17BrN4O2. The van der Waals surface area contributed by atoms with Crippen LogP contribution in [0, 0.1) is 28.9 Å². The summed E-state index contributed by atoms with van der Waals surface area (Å²) in [5.41, 5.74) is 2.79. The normalized spacial score (nSPS) is 13.8. The molecular weight excluding hydrogens is 396 g/mol. The second kappa shape index (κ2) is 8.11. The van der Waals surface area contributed by atoms with Crippen molar-refractivity contribution in [3.8, 4) is 11.8 Å². The van der Waals surface area contributed by atoms with Gasteiger partial charge < -0.3 is 4.90 Å². The Balaban J connectivity index is 1.68. The average molecular weight is 413 g/mol. The lowest BCUT2D eigenvalue weighted by molar-refractivity contribution is -0.384. The Morgan fingerprint density at radius 1 is 1.23 bits per heavy atom. The van der Waals surface area contributed by atoms with Crippen molar-refractivity contribution in [3.63, 3.8) is 0 Å². The van der Waals surface area contributed by atoms with E-state index in [0.717, 1.165) is 23.1 Å². The van der Waals surface area contributed by atoms with E-state index in [1.165, 1.54) is 11.6 Å². The number of piperidine rings is 1. The van der Waals surface area contributed by atoms with Crippen LogP contribution in [0.2, 0.25) is 0 Å². The molecule has 0 amide bonds. The summed E-state index contributed by atoms with van der Waals surface area (Å²) >= 11 is 3.33. The number of aryl methyl sites for hydroxylation is 1. The predicted octanol–water partition coefficient (Wildman–Crippen LogP) is 4.03. The van der Waals surface area contributed by atoms with Crippen LogP contribution in [0.3, 0.4) is 0 Å². The third-order valence-corrected chi connectivity index (χ3v) is 4.53. The largest absolute Gasteiger partial charge is 0.350 e. The highest BCUT2D eigenvalue weighted by atomic mass is 79.9. The molecule has 3 rings (SSSR count). The van der Waals surface area contributed by atoms with E-state index in [0.29, 0.717) is 24.6 Å². The molecule has 0 aromatic carbocycles. The summed E-state index contributed by atoms with van der Waals surface area (Å²) in [7, 11) is 0. The van der Waals surface area contributed by atoms with Crippen LogP contribution >= 0.6 is 15.9 Å². The highest BCUT2D eigenvalue weighted by Gasteiger charge is 2.23. The number of hydrogen-bond acceptors (Lipinski definition) is 5. The predicted molar refractivity (Wildman–Crippen MR) is 104 cm³/mol. The Kier molecular flexibility index (Phi) is 5.64. The fraction of sp³-hybridized carbons (Fsp3) is 0.263. The molecule has 1 aliphatic heterocycles. The number of halogens is 1. The number of aromatic nitrogens is 2. The molecule has 0 spiro atoms. The van der Waals surface area contributed by atoms with Crippen molar-refractivity contribution in [2.45, 2.75) is 19.8 Å². The van der Waals surface area contributed by atoms with Gasteiger partial charge in [0.2, 0.25) is 5.82 Å². The summed E-state index contributed by atoms with van der Waals surface area (Å²) in [6, 6.07) is 8.82. The van der Waals surface area contributed by atoms with E-state index >= 15 is 0 Å². The molecule has 0 aliphatic carbocycles. The van der Waals surface area contributed by atoms with Crippen LogP contribution in [0.5, 0.6) is 0 Å². The first kappa shape index (κ1) is 18.1. The molecule has 0 unspecified atom stereocenters. The van der Waals surface area contributed by atoms with Crippen LogP contribution in [0.1, 0.15) is 24.2 Å². The molecule has 0 N–H and O–H groups in total. The Labute approximate surface area is 160 Å². The minimum atomic E-state index is -0.371. The number of anilines is 1. The van der Waals surface area contributed by atoms with Crippen molar-refractivity contribution in [1.29, 1.82) is 0 Å². The van der Waals surface area contributed by atoms with E-state index in [2.05, 4.69) is 37.7 Å². The second-order valence-electron chi connectivity index (χ2n) is 5.96. The smallest absolute Gasteiger partial charge is 0.311 e. The molecule has 1 fully saturated rings. The van der Waals surface area contributed by atoms with E-state index in [4.69, 9.17) is 0 Å². The van der Waals surface area contributed by atoms with Gasteiger partial charge in [-0.1, -0.05) is 17.6 Å². The van der Waals surface area contributed by atoms with Gasteiger partial charge in [0.1, 0.15) is 10.3 Å². The fourth-order valence-electron chi connectivity index (χ4n) is 2.75. The summed E-state index contributed by atoms with van der Waals surface area (Å²) in [6.45, 7) is 3.23. The number of allylic oxidation sites excluding steroid dienone is 1. The molecule has 1 saturated heterocycles. The van der Waals surface area contributed by atoms with Crippen molar-refractivity contribution in [2.75, 3.05) is 18.0 Å². The maximum atomic E-state index is 11.2. The number of nitrogens with zero attached hydrogens (tertiary/aromatic N) is 4. The highest BCUT2D eigenvalue weighted by Crippen LogP contribution is 2.29. The van der Waals surface area contributed by atoms with Gasteiger partial charge in [-0.15, -0.1) is 0 Å². The molecule has 0 saturated carbocycles. The quantitative estimate of drug-likeness (QED) is 0.322. The molecule has 26 heavy (non-hydrogen) atoms. The van der Waals surface area contributed by atoms with Crippen LogP contribution in [-0.4, -0.2) is 28.0 Å². The van der Waals surface area contributed by atoms with Crippen molar-refractivity contribution in [3.05, 3.63) is 68.1 Å². The Bertz CT molecular complexity index is 921. The van der Waals surface area contributed by atoms with E-state index in [9.17, 15) is 10.1 Å². The molecule has 7 heteroatoms. The molecule has 6 nitrogen and oxygen atoms in total. The topological polar surface area (TPSA) is 72.2 Å². The second-order valence-corrected chi connectivity index (χ2v) is 6.77. The summed E-state index contributed by atoms with van der Waals surface area (Å²) in [5.74, 6) is 6.54. The van der Waals surface area contributed by atoms with Crippen LogP contribution < -0.4 is 4.90 Å². The third-order valence-electron chi connectivity index (χ3n) is 4.09. The van der Waals surface area contributed by atoms with Crippen molar-refractivity contribution < 1.29 is 4.92 Å². The zero-order valence-electron chi connectivity index (χ0n) is 14.3. The van der Waals surface area contributed by atoms with Crippen LogP contribution in [0.25, 0.3) is 0 Å². The van der Waals surface area contributed by atoms with Gasteiger partial charge in [0.05, 0.1) is 4.92 Å². The maximum absolute atomic E-state index is 11.2. The zero-order valence-corrected chi connectivity index (χ0v) is 15.9. The first-order valence-corrected chi connectivity index (χ1v) is 9.01. The van der Waals surface area contributed by atoms with Gasteiger partial charge in [-0.25, -0.2) is 9.97 Å². The van der Waals surface area contributed by atoms with E-state index in [1.54, 1.807) is 6.07 Å². The molecule has 1 aliphatic rings. The number of rotatable bonds is 2. The van der Waals surface area contributed by atoms with Crippen LogP contribution in [0.4, 0.5) is 11.5 Å². The summed E-state index contributed by atoms with van der Waals surface area (Å²) in [5, 5.41) is 11.2. The van der Waals surface area contributed by atoms with Crippen molar-refractivity contribution in [2.24, 2.45) is 0 Å².